The van der Waals surface area contributed by atoms with Gasteiger partial charge in [-0.3, -0.25) is 4.79 Å². The number of amides is 1. The van der Waals surface area contributed by atoms with Crippen LogP contribution < -0.4 is 0 Å². The molecule has 1 aliphatic heterocycles. The van der Waals surface area contributed by atoms with Crippen LogP contribution in [-0.2, 0) is 9.53 Å². The second kappa shape index (κ2) is 7.06. The highest BCUT2D eigenvalue weighted by Crippen LogP contribution is 2.32. The minimum absolute atomic E-state index is 0.0267. The summed E-state index contributed by atoms with van der Waals surface area (Å²) in [5, 5.41) is 12.3. The number of hydrogen-bond donors (Lipinski definition) is 1. The molecule has 9 heteroatoms. The van der Waals surface area contributed by atoms with E-state index in [1.54, 1.807) is 23.6 Å². The molecule has 0 aliphatic carbocycles. The lowest BCUT2D eigenvalue weighted by molar-refractivity contribution is -0.147. The minimum atomic E-state index is -1.10. The van der Waals surface area contributed by atoms with Crippen LogP contribution >= 0.6 is 34.5 Å². The molecule has 3 rings (SSSR count). The van der Waals surface area contributed by atoms with Crippen LogP contribution in [0.5, 0.6) is 0 Å². The van der Waals surface area contributed by atoms with Gasteiger partial charge in [0.2, 0.25) is 0 Å². The zero-order valence-electron chi connectivity index (χ0n) is 12.2. The predicted molar refractivity (Wildman–Crippen MR) is 90.8 cm³/mol. The first kappa shape index (κ1) is 17.2. The van der Waals surface area contributed by atoms with E-state index in [4.69, 9.17) is 27.9 Å². The van der Waals surface area contributed by atoms with Gasteiger partial charge in [-0.2, -0.15) is 0 Å². The number of carboxylic acid groups (broad SMARTS) is 1. The number of halogens is 2. The zero-order valence-corrected chi connectivity index (χ0v) is 14.6. The Balaban J connectivity index is 1.87. The molecule has 1 unspecified atom stereocenters. The quantitative estimate of drug-likeness (QED) is 0.876. The fraction of sp³-hybridized carbons (Fsp3) is 0.267. The van der Waals surface area contributed by atoms with Gasteiger partial charge >= 0.3 is 5.97 Å². The molecule has 0 bridgehead atoms. The molecule has 1 saturated heterocycles. The first-order valence-corrected chi connectivity index (χ1v) is 8.63. The molecule has 2 heterocycles. The van der Waals surface area contributed by atoms with E-state index in [1.165, 1.54) is 16.2 Å². The number of rotatable bonds is 3. The summed E-state index contributed by atoms with van der Waals surface area (Å²) in [5.74, 6) is -1.53. The summed E-state index contributed by atoms with van der Waals surface area (Å²) in [5.41, 5.74) is 0.857. The summed E-state index contributed by atoms with van der Waals surface area (Å²) < 4.78 is 5.14. The van der Waals surface area contributed by atoms with Gasteiger partial charge in [0.15, 0.2) is 6.04 Å². The standard InChI is InChI=1S/C15H12Cl2N2O4S/c16-8-1-2-9(10(17)5-8)13-18-11(7-24-13)14(20)19-3-4-23-6-12(19)15(21)22/h1-2,5,7,12H,3-4,6H2,(H,21,22). The first-order valence-electron chi connectivity index (χ1n) is 7.00. The number of nitrogens with zero attached hydrogens (tertiary/aromatic N) is 2. The lowest BCUT2D eigenvalue weighted by Crippen LogP contribution is -2.52. The predicted octanol–water partition coefficient (Wildman–Crippen LogP) is 3.04. The van der Waals surface area contributed by atoms with Gasteiger partial charge in [-0.25, -0.2) is 9.78 Å². The Bertz CT molecular complexity index is 796. The number of morpholine rings is 1. The average molecular weight is 387 g/mol. The van der Waals surface area contributed by atoms with Gasteiger partial charge in [-0.1, -0.05) is 23.2 Å². The van der Waals surface area contributed by atoms with Crippen molar-refractivity contribution in [2.45, 2.75) is 6.04 Å². The van der Waals surface area contributed by atoms with Gasteiger partial charge in [0.1, 0.15) is 10.7 Å². The lowest BCUT2D eigenvalue weighted by Gasteiger charge is -2.32. The Hall–Kier alpha value is -1.67. The van der Waals surface area contributed by atoms with Crippen LogP contribution in [0.1, 0.15) is 10.5 Å². The first-order chi connectivity index (χ1) is 11.5. The number of aliphatic carboxylic acids is 1. The Morgan fingerprint density at radius 1 is 1.38 bits per heavy atom. The second-order valence-corrected chi connectivity index (χ2v) is 6.79. The maximum atomic E-state index is 12.6. The van der Waals surface area contributed by atoms with Crippen molar-refractivity contribution in [2.75, 3.05) is 19.8 Å². The summed E-state index contributed by atoms with van der Waals surface area (Å²) in [6, 6.07) is 4.01. The largest absolute Gasteiger partial charge is 0.480 e. The number of benzene rings is 1. The third kappa shape index (κ3) is 3.39. The Labute approximate surface area is 151 Å². The molecule has 6 nitrogen and oxygen atoms in total. The van der Waals surface area contributed by atoms with Gasteiger partial charge in [-0.05, 0) is 18.2 Å². The van der Waals surface area contributed by atoms with Crippen molar-refractivity contribution in [3.63, 3.8) is 0 Å². The van der Waals surface area contributed by atoms with E-state index in [2.05, 4.69) is 4.98 Å². The summed E-state index contributed by atoms with van der Waals surface area (Å²) in [6.07, 6.45) is 0. The molecule has 126 valence electrons. The maximum Gasteiger partial charge on any atom is 0.328 e. The number of thiazole rings is 1. The average Bonchev–Trinajstić information content (AvgIpc) is 3.03. The van der Waals surface area contributed by atoms with Crippen LogP contribution in [-0.4, -0.2) is 52.7 Å². The van der Waals surface area contributed by atoms with Gasteiger partial charge in [0.05, 0.1) is 18.2 Å². The molecule has 1 aromatic heterocycles. The maximum absolute atomic E-state index is 12.6. The molecule has 1 N–H and O–H groups in total. The third-order valence-electron chi connectivity index (χ3n) is 3.56. The van der Waals surface area contributed by atoms with Crippen LogP contribution in [0.3, 0.4) is 0 Å². The monoisotopic (exact) mass is 386 g/mol. The van der Waals surface area contributed by atoms with E-state index >= 15 is 0 Å². The van der Waals surface area contributed by atoms with E-state index in [1.807, 2.05) is 0 Å². The number of aromatic nitrogens is 1. The van der Waals surface area contributed by atoms with Crippen LogP contribution in [0.2, 0.25) is 10.0 Å². The highest BCUT2D eigenvalue weighted by atomic mass is 35.5. The smallest absolute Gasteiger partial charge is 0.328 e. The summed E-state index contributed by atoms with van der Waals surface area (Å²) in [4.78, 5) is 29.5. The zero-order chi connectivity index (χ0) is 17.3. The van der Waals surface area contributed by atoms with Crippen molar-refractivity contribution in [3.05, 3.63) is 39.3 Å². The Kier molecular flexibility index (Phi) is 5.05. The van der Waals surface area contributed by atoms with E-state index in [-0.39, 0.29) is 18.8 Å². The minimum Gasteiger partial charge on any atom is -0.480 e. The fourth-order valence-electron chi connectivity index (χ4n) is 2.36. The number of hydrogen-bond acceptors (Lipinski definition) is 5. The fourth-order valence-corrected chi connectivity index (χ4v) is 3.74. The van der Waals surface area contributed by atoms with Gasteiger partial charge < -0.3 is 14.7 Å². The molecule has 1 aliphatic rings. The molecule has 0 spiro atoms. The number of carbonyl (C=O) groups excluding carboxylic acids is 1. The van der Waals surface area contributed by atoms with Crippen molar-refractivity contribution < 1.29 is 19.4 Å². The number of carbonyl (C=O) groups is 2. The molecule has 0 saturated carbocycles. The van der Waals surface area contributed by atoms with Crippen molar-refractivity contribution in [1.82, 2.24) is 9.88 Å². The Morgan fingerprint density at radius 3 is 2.88 bits per heavy atom. The van der Waals surface area contributed by atoms with Crippen LogP contribution in [0, 0.1) is 0 Å². The summed E-state index contributed by atoms with van der Waals surface area (Å²) >= 11 is 13.3. The molecular weight excluding hydrogens is 375 g/mol. The molecule has 1 aromatic carbocycles. The Morgan fingerprint density at radius 2 is 2.17 bits per heavy atom. The van der Waals surface area contributed by atoms with Crippen molar-refractivity contribution >= 4 is 46.4 Å². The van der Waals surface area contributed by atoms with Crippen molar-refractivity contribution in [1.29, 1.82) is 0 Å². The molecule has 24 heavy (non-hydrogen) atoms. The van der Waals surface area contributed by atoms with E-state index in [9.17, 15) is 14.7 Å². The lowest BCUT2D eigenvalue weighted by atomic mass is 10.2. The van der Waals surface area contributed by atoms with Gasteiger partial charge in [0.25, 0.3) is 5.91 Å². The summed E-state index contributed by atoms with van der Waals surface area (Å²) in [6.45, 7) is 0.487. The SMILES string of the molecule is O=C(O)C1COCCN1C(=O)c1csc(-c2ccc(Cl)cc2Cl)n1. The van der Waals surface area contributed by atoms with Gasteiger partial charge in [-0.15, -0.1) is 11.3 Å². The highest BCUT2D eigenvalue weighted by Gasteiger charge is 2.34. The third-order valence-corrected chi connectivity index (χ3v) is 4.98. The van der Waals surface area contributed by atoms with E-state index < -0.39 is 17.9 Å². The van der Waals surface area contributed by atoms with Crippen LogP contribution in [0.15, 0.2) is 23.6 Å². The van der Waals surface area contributed by atoms with Crippen LogP contribution in [0.25, 0.3) is 10.6 Å². The summed E-state index contributed by atoms with van der Waals surface area (Å²) in [7, 11) is 0. The molecule has 0 radical (unpaired) electrons. The number of carboxylic acids is 1. The van der Waals surface area contributed by atoms with E-state index in [0.29, 0.717) is 27.2 Å². The van der Waals surface area contributed by atoms with E-state index in [0.717, 1.165) is 0 Å². The highest BCUT2D eigenvalue weighted by molar-refractivity contribution is 7.13. The normalized spacial score (nSPS) is 17.8. The van der Waals surface area contributed by atoms with Crippen LogP contribution in [0.4, 0.5) is 0 Å². The van der Waals surface area contributed by atoms with Crippen molar-refractivity contribution in [3.8, 4) is 10.6 Å². The molecule has 2 aromatic rings. The molecular formula is C15H12Cl2N2O4S. The molecule has 1 fully saturated rings. The topological polar surface area (TPSA) is 79.7 Å². The number of ether oxygens (including phenoxy) is 1. The second-order valence-electron chi connectivity index (χ2n) is 5.09. The molecule has 1 atom stereocenters. The van der Waals surface area contributed by atoms with Gasteiger partial charge in [0, 0.05) is 22.5 Å². The van der Waals surface area contributed by atoms with Crippen molar-refractivity contribution in [2.24, 2.45) is 0 Å². The molecule has 1 amide bonds.